The Morgan fingerprint density at radius 2 is 1.48 bits per heavy atom. The van der Waals surface area contributed by atoms with Crippen molar-refractivity contribution in [2.24, 2.45) is 10.2 Å². The number of hydrogen-bond donors (Lipinski definition) is 0. The molecule has 0 spiro atoms. The standard InChI is InChI=1S/C20H14FN3O/c21-15-10-12-16(13-11-15)22-23-19-14-24(20-9-5-4-8-18(19)20)25-17-6-2-1-3-7-17/h1-14H/b23-22-. The van der Waals surface area contributed by atoms with Gasteiger partial charge in [-0.3, -0.25) is 0 Å². The number of halogens is 1. The van der Waals surface area contributed by atoms with Gasteiger partial charge >= 0.3 is 0 Å². The number of nitrogens with zero attached hydrogens (tertiary/aromatic N) is 3. The zero-order valence-electron chi connectivity index (χ0n) is 13.2. The molecule has 4 rings (SSSR count). The van der Waals surface area contributed by atoms with E-state index in [1.807, 2.05) is 54.6 Å². The van der Waals surface area contributed by atoms with Crippen molar-refractivity contribution in [1.29, 1.82) is 0 Å². The summed E-state index contributed by atoms with van der Waals surface area (Å²) in [5.74, 6) is 0.428. The molecule has 0 radical (unpaired) electrons. The number of azo groups is 1. The van der Waals surface area contributed by atoms with Crippen molar-refractivity contribution in [2.75, 3.05) is 0 Å². The van der Waals surface area contributed by atoms with E-state index < -0.39 is 0 Å². The van der Waals surface area contributed by atoms with E-state index in [1.165, 1.54) is 12.1 Å². The first-order valence-corrected chi connectivity index (χ1v) is 7.80. The highest BCUT2D eigenvalue weighted by atomic mass is 19.1. The Morgan fingerprint density at radius 3 is 2.28 bits per heavy atom. The fourth-order valence-electron chi connectivity index (χ4n) is 2.50. The Morgan fingerprint density at radius 1 is 0.760 bits per heavy atom. The molecule has 0 aliphatic rings. The van der Waals surface area contributed by atoms with Crippen LogP contribution in [0.2, 0.25) is 0 Å². The summed E-state index contributed by atoms with van der Waals surface area (Å²) in [4.78, 5) is 5.91. The molecule has 4 nitrogen and oxygen atoms in total. The lowest BCUT2D eigenvalue weighted by Crippen LogP contribution is -2.02. The van der Waals surface area contributed by atoms with Crippen LogP contribution in [0.25, 0.3) is 10.9 Å². The number of fused-ring (bicyclic) bond motifs is 1. The zero-order valence-corrected chi connectivity index (χ0v) is 13.2. The van der Waals surface area contributed by atoms with Gasteiger partial charge in [0, 0.05) is 5.39 Å². The summed E-state index contributed by atoms with van der Waals surface area (Å²) in [6.45, 7) is 0. The first kappa shape index (κ1) is 15.1. The lowest BCUT2D eigenvalue weighted by molar-refractivity contribution is 0.229. The summed E-state index contributed by atoms with van der Waals surface area (Å²) in [5.41, 5.74) is 2.15. The van der Waals surface area contributed by atoms with Gasteiger partial charge in [-0.2, -0.15) is 9.84 Å². The molecule has 1 aromatic heterocycles. The van der Waals surface area contributed by atoms with Crippen LogP contribution in [0.4, 0.5) is 15.8 Å². The predicted molar refractivity (Wildman–Crippen MR) is 95.0 cm³/mol. The second-order valence-electron chi connectivity index (χ2n) is 5.44. The molecule has 1 heterocycles. The number of hydrogen-bond acceptors (Lipinski definition) is 3. The van der Waals surface area contributed by atoms with Crippen molar-refractivity contribution in [2.45, 2.75) is 0 Å². The van der Waals surface area contributed by atoms with Gasteiger partial charge in [-0.05, 0) is 42.5 Å². The minimum absolute atomic E-state index is 0.299. The number of benzene rings is 3. The average Bonchev–Trinajstić information content (AvgIpc) is 3.00. The molecule has 0 unspecified atom stereocenters. The van der Waals surface area contributed by atoms with Crippen molar-refractivity contribution < 1.29 is 9.23 Å². The van der Waals surface area contributed by atoms with Gasteiger partial charge in [0.15, 0.2) is 5.75 Å². The maximum atomic E-state index is 13.0. The molecular formula is C20H14FN3O. The smallest absolute Gasteiger partial charge is 0.155 e. The van der Waals surface area contributed by atoms with Gasteiger partial charge in [-0.15, -0.1) is 5.11 Å². The van der Waals surface area contributed by atoms with Gasteiger partial charge < -0.3 is 4.84 Å². The Kier molecular flexibility index (Phi) is 3.96. The van der Waals surface area contributed by atoms with E-state index in [2.05, 4.69) is 10.2 Å². The molecular weight excluding hydrogens is 317 g/mol. The molecule has 0 atom stereocenters. The summed E-state index contributed by atoms with van der Waals surface area (Å²) >= 11 is 0. The molecule has 4 aromatic rings. The summed E-state index contributed by atoms with van der Waals surface area (Å²) in [6.07, 6.45) is 1.78. The van der Waals surface area contributed by atoms with Gasteiger partial charge in [0.2, 0.25) is 0 Å². The van der Waals surface area contributed by atoms with E-state index in [4.69, 9.17) is 4.84 Å². The summed E-state index contributed by atoms with van der Waals surface area (Å²) < 4.78 is 14.6. The van der Waals surface area contributed by atoms with Gasteiger partial charge in [0.1, 0.15) is 11.5 Å². The first-order valence-electron chi connectivity index (χ1n) is 7.80. The SMILES string of the molecule is Fc1ccc(/N=N\c2cn(Oc3ccccc3)c3ccccc23)cc1. The topological polar surface area (TPSA) is 38.9 Å². The monoisotopic (exact) mass is 331 g/mol. The molecule has 122 valence electrons. The molecule has 0 saturated heterocycles. The second-order valence-corrected chi connectivity index (χ2v) is 5.44. The fourth-order valence-corrected chi connectivity index (χ4v) is 2.50. The van der Waals surface area contributed by atoms with Gasteiger partial charge in [0.25, 0.3) is 0 Å². The molecule has 0 bridgehead atoms. The minimum atomic E-state index is -0.299. The third-order valence-electron chi connectivity index (χ3n) is 3.70. The van der Waals surface area contributed by atoms with Crippen LogP contribution in [0.15, 0.2) is 95.3 Å². The molecule has 0 saturated carbocycles. The van der Waals surface area contributed by atoms with Crippen LogP contribution in [-0.4, -0.2) is 4.73 Å². The molecule has 0 aliphatic heterocycles. The van der Waals surface area contributed by atoms with E-state index in [1.54, 1.807) is 23.1 Å². The highest BCUT2D eigenvalue weighted by Crippen LogP contribution is 2.30. The average molecular weight is 331 g/mol. The molecule has 5 heteroatoms. The third-order valence-corrected chi connectivity index (χ3v) is 3.70. The highest BCUT2D eigenvalue weighted by molar-refractivity contribution is 5.91. The summed E-state index contributed by atoms with van der Waals surface area (Å²) in [6, 6.07) is 23.2. The first-order chi connectivity index (χ1) is 12.3. The Labute approximate surface area is 143 Å². The minimum Gasteiger partial charge on any atom is -0.375 e. The van der Waals surface area contributed by atoms with E-state index in [-0.39, 0.29) is 5.82 Å². The van der Waals surface area contributed by atoms with Crippen molar-refractivity contribution in [3.63, 3.8) is 0 Å². The van der Waals surface area contributed by atoms with Crippen LogP contribution >= 0.6 is 0 Å². The van der Waals surface area contributed by atoms with Crippen LogP contribution in [-0.2, 0) is 0 Å². The van der Waals surface area contributed by atoms with Crippen molar-refractivity contribution in [3.8, 4) is 5.75 Å². The van der Waals surface area contributed by atoms with Crippen LogP contribution in [0, 0.1) is 5.82 Å². The van der Waals surface area contributed by atoms with Crippen molar-refractivity contribution in [3.05, 3.63) is 90.9 Å². The Bertz CT molecular complexity index is 1020. The summed E-state index contributed by atoms with van der Waals surface area (Å²) in [5, 5.41) is 9.40. The number of aromatic nitrogens is 1. The van der Waals surface area contributed by atoms with Gasteiger partial charge in [-0.25, -0.2) is 4.39 Å². The largest absolute Gasteiger partial charge is 0.375 e. The van der Waals surface area contributed by atoms with Crippen LogP contribution in [0.1, 0.15) is 0 Å². The fraction of sp³-hybridized carbons (Fsp3) is 0. The molecule has 0 amide bonds. The van der Waals surface area contributed by atoms with Crippen LogP contribution < -0.4 is 4.84 Å². The quantitative estimate of drug-likeness (QED) is 0.420. The van der Waals surface area contributed by atoms with Gasteiger partial charge in [-0.1, -0.05) is 36.4 Å². The van der Waals surface area contributed by atoms with Crippen LogP contribution in [0.5, 0.6) is 5.75 Å². The molecule has 3 aromatic carbocycles. The van der Waals surface area contributed by atoms with E-state index >= 15 is 0 Å². The lowest BCUT2D eigenvalue weighted by Gasteiger charge is -2.06. The number of rotatable bonds is 4. The zero-order chi connectivity index (χ0) is 17.1. The van der Waals surface area contributed by atoms with E-state index in [9.17, 15) is 4.39 Å². The predicted octanol–water partition coefficient (Wildman–Crippen LogP) is 6.04. The molecule has 0 N–H and O–H groups in total. The van der Waals surface area contributed by atoms with Gasteiger partial charge in [0.05, 0.1) is 17.4 Å². The number of para-hydroxylation sites is 2. The van der Waals surface area contributed by atoms with E-state index in [0.717, 1.165) is 16.7 Å². The summed E-state index contributed by atoms with van der Waals surface area (Å²) in [7, 11) is 0. The highest BCUT2D eigenvalue weighted by Gasteiger charge is 2.09. The van der Waals surface area contributed by atoms with Crippen molar-refractivity contribution >= 4 is 22.3 Å². The van der Waals surface area contributed by atoms with E-state index in [0.29, 0.717) is 11.4 Å². The Balaban J connectivity index is 1.70. The van der Waals surface area contributed by atoms with Crippen LogP contribution in [0.3, 0.4) is 0 Å². The Hall–Kier alpha value is -3.47. The maximum absolute atomic E-state index is 13.0. The molecule has 0 aliphatic carbocycles. The molecule has 0 fully saturated rings. The van der Waals surface area contributed by atoms with Crippen molar-refractivity contribution in [1.82, 2.24) is 4.73 Å². The third kappa shape index (κ3) is 3.26. The second kappa shape index (κ2) is 6.57. The molecule has 25 heavy (non-hydrogen) atoms. The maximum Gasteiger partial charge on any atom is 0.155 e. The lowest BCUT2D eigenvalue weighted by atomic mass is 10.2. The normalized spacial score (nSPS) is 11.2.